The summed E-state index contributed by atoms with van der Waals surface area (Å²) in [5.41, 5.74) is 2.90. The van der Waals surface area contributed by atoms with Gasteiger partial charge < -0.3 is 19.9 Å². The number of nitrogens with one attached hydrogen (secondary N) is 2. The van der Waals surface area contributed by atoms with Crippen molar-refractivity contribution in [1.29, 1.82) is 0 Å². The highest BCUT2D eigenvalue weighted by atomic mass is 16.1. The molecule has 1 amide bonds. The Kier molecular flexibility index (Phi) is 3.84. The second kappa shape index (κ2) is 6.29. The molecule has 0 spiro atoms. The van der Waals surface area contributed by atoms with E-state index >= 15 is 0 Å². The minimum absolute atomic E-state index is 0.216. The Bertz CT molecular complexity index is 868. The number of amides is 1. The molecule has 122 valence electrons. The van der Waals surface area contributed by atoms with Crippen LogP contribution >= 0.6 is 0 Å². The first-order valence-corrected chi connectivity index (χ1v) is 7.95. The SMILES string of the molecule is O=C(Nc1ccncc1N1CCNCC1)c1ncn2ccccc12. The van der Waals surface area contributed by atoms with E-state index in [2.05, 4.69) is 25.5 Å². The van der Waals surface area contributed by atoms with E-state index in [-0.39, 0.29) is 5.91 Å². The normalized spacial score (nSPS) is 14.8. The van der Waals surface area contributed by atoms with Crippen molar-refractivity contribution in [2.24, 2.45) is 0 Å². The minimum atomic E-state index is -0.216. The standard InChI is InChI=1S/C17H18N6O/c24-17(16-14-3-1-2-8-23(14)12-20-16)21-13-4-5-19-11-15(13)22-9-6-18-7-10-22/h1-5,8,11-12,18H,6-7,9-10H2,(H,19,21,24). The van der Waals surface area contributed by atoms with Gasteiger partial charge in [-0.3, -0.25) is 9.78 Å². The van der Waals surface area contributed by atoms with Gasteiger partial charge in [0.2, 0.25) is 0 Å². The summed E-state index contributed by atoms with van der Waals surface area (Å²) >= 11 is 0. The van der Waals surface area contributed by atoms with Gasteiger partial charge >= 0.3 is 0 Å². The van der Waals surface area contributed by atoms with E-state index in [4.69, 9.17) is 0 Å². The van der Waals surface area contributed by atoms with Crippen LogP contribution in [0.15, 0.2) is 49.2 Å². The molecule has 7 heteroatoms. The van der Waals surface area contributed by atoms with Gasteiger partial charge in [-0.2, -0.15) is 0 Å². The maximum Gasteiger partial charge on any atom is 0.276 e. The Morgan fingerprint density at radius 2 is 2.08 bits per heavy atom. The second-order valence-corrected chi connectivity index (χ2v) is 5.67. The third-order valence-electron chi connectivity index (χ3n) is 4.16. The number of fused-ring (bicyclic) bond motifs is 1. The largest absolute Gasteiger partial charge is 0.366 e. The number of anilines is 2. The van der Waals surface area contributed by atoms with Crippen molar-refractivity contribution in [2.45, 2.75) is 0 Å². The third-order valence-corrected chi connectivity index (χ3v) is 4.16. The first-order valence-electron chi connectivity index (χ1n) is 7.95. The van der Waals surface area contributed by atoms with E-state index in [1.54, 1.807) is 18.7 Å². The average molecular weight is 322 g/mol. The number of piperazine rings is 1. The summed E-state index contributed by atoms with van der Waals surface area (Å²) < 4.78 is 1.83. The number of rotatable bonds is 3. The zero-order valence-electron chi connectivity index (χ0n) is 13.1. The molecule has 4 heterocycles. The van der Waals surface area contributed by atoms with E-state index in [1.807, 2.05) is 34.9 Å². The molecule has 0 radical (unpaired) electrons. The molecule has 3 aromatic heterocycles. The number of hydrogen-bond donors (Lipinski definition) is 2. The molecule has 0 bridgehead atoms. The zero-order valence-corrected chi connectivity index (χ0v) is 13.1. The molecule has 0 atom stereocenters. The van der Waals surface area contributed by atoms with Gasteiger partial charge in [0.05, 0.1) is 23.1 Å². The van der Waals surface area contributed by atoms with Crippen LogP contribution in [-0.2, 0) is 0 Å². The fourth-order valence-corrected chi connectivity index (χ4v) is 2.95. The van der Waals surface area contributed by atoms with Crippen LogP contribution < -0.4 is 15.5 Å². The highest BCUT2D eigenvalue weighted by Crippen LogP contribution is 2.25. The van der Waals surface area contributed by atoms with E-state index in [0.29, 0.717) is 5.69 Å². The van der Waals surface area contributed by atoms with Crippen LogP contribution in [0, 0.1) is 0 Å². The monoisotopic (exact) mass is 322 g/mol. The summed E-state index contributed by atoms with van der Waals surface area (Å²) in [6.07, 6.45) is 7.00. The number of aromatic nitrogens is 3. The van der Waals surface area contributed by atoms with Crippen LogP contribution in [0.3, 0.4) is 0 Å². The number of pyridine rings is 2. The van der Waals surface area contributed by atoms with Gasteiger partial charge in [-0.05, 0) is 18.2 Å². The zero-order chi connectivity index (χ0) is 16.4. The van der Waals surface area contributed by atoms with Crippen molar-refractivity contribution >= 4 is 22.8 Å². The first-order chi connectivity index (χ1) is 11.8. The Morgan fingerprint density at radius 3 is 2.96 bits per heavy atom. The predicted octanol–water partition coefficient (Wildman–Crippen LogP) is 1.39. The Hall–Kier alpha value is -2.93. The summed E-state index contributed by atoms with van der Waals surface area (Å²) in [7, 11) is 0. The predicted molar refractivity (Wildman–Crippen MR) is 92.5 cm³/mol. The summed E-state index contributed by atoms with van der Waals surface area (Å²) in [6, 6.07) is 7.51. The van der Waals surface area contributed by atoms with Crippen LogP contribution in [0.4, 0.5) is 11.4 Å². The van der Waals surface area contributed by atoms with Crippen molar-refractivity contribution in [3.8, 4) is 0 Å². The molecule has 1 fully saturated rings. The van der Waals surface area contributed by atoms with Crippen molar-refractivity contribution in [2.75, 3.05) is 36.4 Å². The summed E-state index contributed by atoms with van der Waals surface area (Å²) in [4.78, 5) is 23.4. The van der Waals surface area contributed by atoms with Crippen LogP contribution in [0.5, 0.6) is 0 Å². The topological polar surface area (TPSA) is 74.6 Å². The second-order valence-electron chi connectivity index (χ2n) is 5.67. The maximum absolute atomic E-state index is 12.7. The minimum Gasteiger partial charge on any atom is -0.366 e. The van der Waals surface area contributed by atoms with Gasteiger partial charge in [-0.1, -0.05) is 6.07 Å². The summed E-state index contributed by atoms with van der Waals surface area (Å²) in [6.45, 7) is 3.63. The molecule has 1 aliphatic heterocycles. The Labute approximate surface area is 139 Å². The van der Waals surface area contributed by atoms with E-state index in [0.717, 1.165) is 43.1 Å². The molecule has 4 rings (SSSR count). The lowest BCUT2D eigenvalue weighted by atomic mass is 10.2. The molecule has 24 heavy (non-hydrogen) atoms. The highest BCUT2D eigenvalue weighted by Gasteiger charge is 2.18. The Morgan fingerprint density at radius 1 is 1.21 bits per heavy atom. The molecule has 0 saturated carbocycles. The van der Waals surface area contributed by atoms with Gasteiger partial charge in [0.15, 0.2) is 5.69 Å². The van der Waals surface area contributed by atoms with E-state index in [9.17, 15) is 4.79 Å². The van der Waals surface area contributed by atoms with Crippen molar-refractivity contribution in [1.82, 2.24) is 19.7 Å². The van der Waals surface area contributed by atoms with E-state index in [1.165, 1.54) is 0 Å². The molecule has 0 aromatic carbocycles. The fourth-order valence-electron chi connectivity index (χ4n) is 2.95. The number of nitrogens with zero attached hydrogens (tertiary/aromatic N) is 4. The quantitative estimate of drug-likeness (QED) is 0.762. The number of carbonyl (C=O) groups excluding carboxylic acids is 1. The van der Waals surface area contributed by atoms with Crippen molar-refractivity contribution in [3.63, 3.8) is 0 Å². The smallest absolute Gasteiger partial charge is 0.276 e. The summed E-state index contributed by atoms with van der Waals surface area (Å²) in [5.74, 6) is -0.216. The van der Waals surface area contributed by atoms with Gasteiger partial charge in [0.25, 0.3) is 5.91 Å². The molecule has 0 unspecified atom stereocenters. The molecular formula is C17H18N6O. The summed E-state index contributed by atoms with van der Waals surface area (Å²) in [5, 5.41) is 6.31. The van der Waals surface area contributed by atoms with E-state index < -0.39 is 0 Å². The van der Waals surface area contributed by atoms with Gasteiger partial charge in [0, 0.05) is 38.6 Å². The molecule has 3 aromatic rings. The number of imidazole rings is 1. The lowest BCUT2D eigenvalue weighted by molar-refractivity contribution is 0.102. The van der Waals surface area contributed by atoms with Gasteiger partial charge in [0.1, 0.15) is 6.33 Å². The fraction of sp³-hybridized carbons (Fsp3) is 0.235. The highest BCUT2D eigenvalue weighted by molar-refractivity contribution is 6.08. The molecule has 0 aliphatic carbocycles. The van der Waals surface area contributed by atoms with Crippen LogP contribution in [0.25, 0.3) is 5.52 Å². The number of carbonyl (C=O) groups is 1. The van der Waals surface area contributed by atoms with Crippen LogP contribution in [-0.4, -0.2) is 46.5 Å². The molecule has 1 aliphatic rings. The van der Waals surface area contributed by atoms with Gasteiger partial charge in [-0.25, -0.2) is 4.98 Å². The number of hydrogen-bond acceptors (Lipinski definition) is 5. The Balaban J connectivity index is 1.62. The molecule has 1 saturated heterocycles. The lowest BCUT2D eigenvalue weighted by Crippen LogP contribution is -2.43. The van der Waals surface area contributed by atoms with Crippen molar-refractivity contribution in [3.05, 3.63) is 54.9 Å². The van der Waals surface area contributed by atoms with Crippen molar-refractivity contribution < 1.29 is 4.79 Å². The average Bonchev–Trinajstić information content (AvgIpc) is 3.07. The first kappa shape index (κ1) is 14.6. The molecular weight excluding hydrogens is 304 g/mol. The molecule has 2 N–H and O–H groups in total. The molecule has 7 nitrogen and oxygen atoms in total. The van der Waals surface area contributed by atoms with Crippen LogP contribution in [0.2, 0.25) is 0 Å². The van der Waals surface area contributed by atoms with Gasteiger partial charge in [-0.15, -0.1) is 0 Å². The maximum atomic E-state index is 12.7. The van der Waals surface area contributed by atoms with Crippen LogP contribution in [0.1, 0.15) is 10.5 Å². The third kappa shape index (κ3) is 2.69. The lowest BCUT2D eigenvalue weighted by Gasteiger charge is -2.30.